The Labute approximate surface area is 165 Å². The second-order valence-corrected chi connectivity index (χ2v) is 6.71. The number of para-hydroxylation sites is 1. The first-order valence-corrected chi connectivity index (χ1v) is 9.42. The van der Waals surface area contributed by atoms with Gasteiger partial charge in [0, 0.05) is 13.1 Å². The fourth-order valence-electron chi connectivity index (χ4n) is 2.78. The highest BCUT2D eigenvalue weighted by atomic mass is 32.1. The zero-order valence-electron chi connectivity index (χ0n) is 16.2. The molecule has 0 radical (unpaired) electrons. The molecule has 1 unspecified atom stereocenters. The summed E-state index contributed by atoms with van der Waals surface area (Å²) in [6.07, 6.45) is 2.71. The minimum Gasteiger partial charge on any atom is -0.496 e. The Kier molecular flexibility index (Phi) is 7.75. The molecule has 2 N–H and O–H groups in total. The molecule has 2 rings (SSSR count). The number of aromatic nitrogens is 3. The van der Waals surface area contributed by atoms with E-state index in [4.69, 9.17) is 22.1 Å². The molecular weight excluding hydrogens is 362 g/mol. The lowest BCUT2D eigenvalue weighted by atomic mass is 10.2. The Hall–Kier alpha value is -2.45. The van der Waals surface area contributed by atoms with Crippen molar-refractivity contribution in [2.75, 3.05) is 27.2 Å². The SMILES string of the molecule is C=CCn1c(-c2ccccc2OC)nn(C[NH+](C)CC(=O)NCCC)c1=S. The molecule has 1 aromatic heterocycles. The lowest BCUT2D eigenvalue weighted by molar-refractivity contribution is -0.895. The lowest BCUT2D eigenvalue weighted by Crippen LogP contribution is -3.09. The summed E-state index contributed by atoms with van der Waals surface area (Å²) in [5.41, 5.74) is 0.866. The molecule has 1 heterocycles. The maximum atomic E-state index is 11.9. The monoisotopic (exact) mass is 390 g/mol. The molecule has 8 heteroatoms. The molecule has 0 bridgehead atoms. The van der Waals surface area contributed by atoms with Crippen molar-refractivity contribution in [3.63, 3.8) is 0 Å². The van der Waals surface area contributed by atoms with Gasteiger partial charge in [0.25, 0.3) is 5.91 Å². The van der Waals surface area contributed by atoms with Crippen molar-refractivity contribution < 1.29 is 14.4 Å². The number of methoxy groups -OCH3 is 1. The van der Waals surface area contributed by atoms with Crippen molar-refractivity contribution in [1.29, 1.82) is 0 Å². The van der Waals surface area contributed by atoms with Gasteiger partial charge in [-0.25, -0.2) is 0 Å². The number of nitrogens with one attached hydrogen (secondary N) is 2. The van der Waals surface area contributed by atoms with Crippen LogP contribution in [-0.2, 0) is 18.0 Å². The van der Waals surface area contributed by atoms with Crippen LogP contribution < -0.4 is 15.0 Å². The fourth-order valence-corrected chi connectivity index (χ4v) is 3.05. The van der Waals surface area contributed by atoms with Crippen LogP contribution in [0.5, 0.6) is 5.75 Å². The quantitative estimate of drug-likeness (QED) is 0.474. The number of hydrogen-bond acceptors (Lipinski definition) is 4. The Morgan fingerprint density at radius 1 is 1.44 bits per heavy atom. The molecule has 0 saturated carbocycles. The van der Waals surface area contributed by atoms with Gasteiger partial charge in [-0.3, -0.25) is 9.36 Å². The van der Waals surface area contributed by atoms with Crippen molar-refractivity contribution >= 4 is 18.1 Å². The van der Waals surface area contributed by atoms with E-state index in [1.54, 1.807) is 17.9 Å². The highest BCUT2D eigenvalue weighted by Crippen LogP contribution is 2.28. The molecule has 0 fully saturated rings. The van der Waals surface area contributed by atoms with Crippen LogP contribution in [0.2, 0.25) is 0 Å². The number of nitrogens with zero attached hydrogens (tertiary/aromatic N) is 3. The summed E-state index contributed by atoms with van der Waals surface area (Å²) in [7, 11) is 3.58. The van der Waals surface area contributed by atoms with Crippen LogP contribution in [0.4, 0.5) is 0 Å². The maximum Gasteiger partial charge on any atom is 0.275 e. The summed E-state index contributed by atoms with van der Waals surface area (Å²) in [5, 5.41) is 7.60. The van der Waals surface area contributed by atoms with Crippen molar-refractivity contribution in [2.45, 2.75) is 26.6 Å². The molecule has 0 aliphatic heterocycles. The predicted octanol–water partition coefficient (Wildman–Crippen LogP) is 1.27. The second-order valence-electron chi connectivity index (χ2n) is 6.35. The predicted molar refractivity (Wildman–Crippen MR) is 108 cm³/mol. The van der Waals surface area contributed by atoms with Gasteiger partial charge in [0.05, 0.1) is 19.7 Å². The van der Waals surface area contributed by atoms with Gasteiger partial charge in [-0.1, -0.05) is 25.1 Å². The Morgan fingerprint density at radius 3 is 2.85 bits per heavy atom. The fraction of sp³-hybridized carbons (Fsp3) is 0.421. The summed E-state index contributed by atoms with van der Waals surface area (Å²) >= 11 is 5.62. The third-order valence-corrected chi connectivity index (χ3v) is 4.47. The van der Waals surface area contributed by atoms with E-state index in [2.05, 4.69) is 11.9 Å². The molecule has 0 aliphatic rings. The number of allylic oxidation sites excluding steroid dienone is 1. The number of carbonyl (C=O) groups excluding carboxylic acids is 1. The van der Waals surface area contributed by atoms with Crippen molar-refractivity contribution in [2.24, 2.45) is 0 Å². The zero-order chi connectivity index (χ0) is 19.8. The van der Waals surface area contributed by atoms with E-state index < -0.39 is 0 Å². The number of hydrogen-bond donors (Lipinski definition) is 2. The largest absolute Gasteiger partial charge is 0.496 e. The average Bonchev–Trinajstić information content (AvgIpc) is 2.96. The summed E-state index contributed by atoms with van der Waals surface area (Å²) in [5.74, 6) is 1.48. The molecule has 146 valence electrons. The second kappa shape index (κ2) is 10.0. The first-order chi connectivity index (χ1) is 13.0. The lowest BCUT2D eigenvalue weighted by Gasteiger charge is -2.13. The zero-order valence-corrected chi connectivity index (χ0v) is 17.0. The van der Waals surface area contributed by atoms with Gasteiger partial charge < -0.3 is 15.0 Å². The van der Waals surface area contributed by atoms with Gasteiger partial charge >= 0.3 is 0 Å². The van der Waals surface area contributed by atoms with E-state index in [1.165, 1.54) is 0 Å². The number of carbonyl (C=O) groups is 1. The molecule has 1 aromatic carbocycles. The van der Waals surface area contributed by atoms with Crippen LogP contribution in [0.25, 0.3) is 11.4 Å². The van der Waals surface area contributed by atoms with Gasteiger partial charge in [-0.15, -0.1) is 11.7 Å². The van der Waals surface area contributed by atoms with Gasteiger partial charge in [-0.2, -0.15) is 4.68 Å². The van der Waals surface area contributed by atoms with Gasteiger partial charge in [0.15, 0.2) is 19.0 Å². The van der Waals surface area contributed by atoms with Gasteiger partial charge in [0.2, 0.25) is 4.77 Å². The number of benzene rings is 1. The first-order valence-electron chi connectivity index (χ1n) is 9.01. The maximum absolute atomic E-state index is 11.9. The number of rotatable bonds is 10. The number of quaternary nitrogens is 1. The van der Waals surface area contributed by atoms with Gasteiger partial charge in [-0.05, 0) is 30.8 Å². The molecule has 2 aromatic rings. The Balaban J connectivity index is 2.30. The minimum atomic E-state index is 0.0244. The molecule has 0 spiro atoms. The van der Waals surface area contributed by atoms with Crippen LogP contribution >= 0.6 is 12.2 Å². The van der Waals surface area contributed by atoms with Crippen LogP contribution in [0, 0.1) is 4.77 Å². The molecule has 1 atom stereocenters. The van der Waals surface area contributed by atoms with E-state index in [9.17, 15) is 4.79 Å². The van der Waals surface area contributed by atoms with E-state index in [0.29, 0.717) is 31.1 Å². The highest BCUT2D eigenvalue weighted by molar-refractivity contribution is 7.71. The molecular formula is C19H28N5O2S+. The topological polar surface area (TPSA) is 65.5 Å². The van der Waals surface area contributed by atoms with E-state index in [-0.39, 0.29) is 5.91 Å². The number of likely N-dealkylation sites (N-methyl/N-ethyl adjacent to an activating group) is 1. The molecule has 1 amide bonds. The Bertz CT molecular complexity index is 843. The molecule has 0 aliphatic carbocycles. The van der Waals surface area contributed by atoms with Crippen molar-refractivity contribution in [1.82, 2.24) is 19.7 Å². The third kappa shape index (κ3) is 5.27. The van der Waals surface area contributed by atoms with Crippen LogP contribution in [0.15, 0.2) is 36.9 Å². The standard InChI is InChI=1S/C19H27N5O2S/c1-5-11-20-17(25)13-22(3)14-24-19(27)23(12-6-2)18(21-24)15-9-7-8-10-16(15)26-4/h6-10H,2,5,11-14H2,1,3-4H3,(H,20,25)/p+1. The minimum absolute atomic E-state index is 0.0244. The van der Waals surface area contributed by atoms with E-state index >= 15 is 0 Å². The van der Waals surface area contributed by atoms with E-state index in [1.807, 2.05) is 42.8 Å². The number of amides is 1. The van der Waals surface area contributed by atoms with Crippen LogP contribution in [0.1, 0.15) is 13.3 Å². The van der Waals surface area contributed by atoms with Crippen molar-refractivity contribution in [3.8, 4) is 17.1 Å². The van der Waals surface area contributed by atoms with Gasteiger partial charge in [0.1, 0.15) is 5.75 Å². The van der Waals surface area contributed by atoms with Crippen LogP contribution in [-0.4, -0.2) is 47.5 Å². The summed E-state index contributed by atoms with van der Waals surface area (Å²) < 4.78 is 9.73. The average molecular weight is 391 g/mol. The summed E-state index contributed by atoms with van der Waals surface area (Å²) in [6.45, 7) is 7.94. The Morgan fingerprint density at radius 2 is 2.19 bits per heavy atom. The normalized spacial score (nSPS) is 11.8. The molecule has 27 heavy (non-hydrogen) atoms. The summed E-state index contributed by atoms with van der Waals surface area (Å²) in [4.78, 5) is 12.9. The molecule has 0 saturated heterocycles. The number of ether oxygens (including phenoxy) is 1. The third-order valence-electron chi connectivity index (χ3n) is 4.04. The van der Waals surface area contributed by atoms with Crippen molar-refractivity contribution in [3.05, 3.63) is 41.7 Å². The molecule has 7 nitrogen and oxygen atoms in total. The summed E-state index contributed by atoms with van der Waals surface area (Å²) in [6, 6.07) is 7.70. The van der Waals surface area contributed by atoms with E-state index in [0.717, 1.165) is 28.5 Å². The first kappa shape index (κ1) is 20.9. The van der Waals surface area contributed by atoms with Crippen LogP contribution in [0.3, 0.4) is 0 Å². The highest BCUT2D eigenvalue weighted by Gasteiger charge is 2.18. The smallest absolute Gasteiger partial charge is 0.275 e.